The molecule has 1 rings (SSSR count). The monoisotopic (exact) mass is 266 g/mol. The van der Waals surface area contributed by atoms with Crippen LogP contribution in [-0.2, 0) is 9.53 Å². The Balaban J connectivity index is 2.66. The summed E-state index contributed by atoms with van der Waals surface area (Å²) in [6, 6.07) is 5.30. The number of carbonyl (C=O) groups is 2. The van der Waals surface area contributed by atoms with E-state index in [1.165, 1.54) is 36.3 Å². The number of ether oxygens (including phenoxy) is 1. The summed E-state index contributed by atoms with van der Waals surface area (Å²) < 4.78 is 4.48. The van der Waals surface area contributed by atoms with Crippen molar-refractivity contribution in [1.29, 1.82) is 0 Å². The maximum Gasteiger partial charge on any atom is 0.307 e. The summed E-state index contributed by atoms with van der Waals surface area (Å²) in [5.41, 5.74) is 0.256. The second kappa shape index (κ2) is 6.48. The van der Waals surface area contributed by atoms with E-state index in [2.05, 4.69) is 4.74 Å². The van der Waals surface area contributed by atoms with Gasteiger partial charge in [-0.05, 0) is 12.1 Å². The second-order valence-corrected chi connectivity index (χ2v) is 3.86. The Kier molecular flexibility index (Phi) is 4.99. The van der Waals surface area contributed by atoms with E-state index in [9.17, 15) is 19.7 Å². The Morgan fingerprint density at radius 3 is 2.37 bits per heavy atom. The highest BCUT2D eigenvalue weighted by Gasteiger charge is 2.14. The lowest BCUT2D eigenvalue weighted by Gasteiger charge is -2.16. The molecule has 102 valence electrons. The van der Waals surface area contributed by atoms with E-state index < -0.39 is 10.9 Å². The zero-order valence-electron chi connectivity index (χ0n) is 10.7. The Bertz CT molecular complexity index is 483. The van der Waals surface area contributed by atoms with E-state index >= 15 is 0 Å². The second-order valence-electron chi connectivity index (χ2n) is 3.86. The normalized spacial score (nSPS) is 9.79. The summed E-state index contributed by atoms with van der Waals surface area (Å²) in [4.78, 5) is 34.2. The fraction of sp³-hybridized carbons (Fsp3) is 0.333. The first-order chi connectivity index (χ1) is 8.95. The molecule has 1 aromatic carbocycles. The van der Waals surface area contributed by atoms with Gasteiger partial charge in [-0.15, -0.1) is 0 Å². The van der Waals surface area contributed by atoms with Crippen molar-refractivity contribution in [2.45, 2.75) is 6.42 Å². The molecule has 0 aliphatic heterocycles. The van der Waals surface area contributed by atoms with Crippen LogP contribution in [0.4, 0.5) is 5.69 Å². The summed E-state index contributed by atoms with van der Waals surface area (Å²) >= 11 is 0. The molecule has 0 saturated carbocycles. The van der Waals surface area contributed by atoms with Crippen molar-refractivity contribution in [3.63, 3.8) is 0 Å². The molecular formula is C12H14N2O5. The van der Waals surface area contributed by atoms with Crippen LogP contribution in [0.25, 0.3) is 0 Å². The first kappa shape index (κ1) is 14.6. The zero-order chi connectivity index (χ0) is 14.4. The predicted octanol–water partition coefficient (Wildman–Crippen LogP) is 1.23. The third-order valence-corrected chi connectivity index (χ3v) is 2.55. The number of esters is 1. The van der Waals surface area contributed by atoms with Crippen LogP contribution in [0.2, 0.25) is 0 Å². The van der Waals surface area contributed by atoms with Crippen LogP contribution in [0.5, 0.6) is 0 Å². The van der Waals surface area contributed by atoms with Crippen LogP contribution in [0.3, 0.4) is 0 Å². The summed E-state index contributed by atoms with van der Waals surface area (Å²) in [5, 5.41) is 10.5. The molecule has 0 aromatic heterocycles. The number of hydrogen-bond donors (Lipinski definition) is 0. The lowest BCUT2D eigenvalue weighted by molar-refractivity contribution is -0.384. The van der Waals surface area contributed by atoms with Crippen molar-refractivity contribution >= 4 is 17.6 Å². The number of carbonyl (C=O) groups excluding carboxylic acids is 2. The fourth-order valence-corrected chi connectivity index (χ4v) is 1.41. The number of nitro groups is 1. The minimum absolute atomic E-state index is 0.0752. The van der Waals surface area contributed by atoms with Crippen LogP contribution in [0.15, 0.2) is 24.3 Å². The molecule has 1 aromatic rings. The van der Waals surface area contributed by atoms with Gasteiger partial charge in [0, 0.05) is 31.3 Å². The average molecular weight is 266 g/mol. The van der Waals surface area contributed by atoms with Crippen molar-refractivity contribution in [3.8, 4) is 0 Å². The van der Waals surface area contributed by atoms with E-state index in [1.54, 1.807) is 7.05 Å². The third-order valence-electron chi connectivity index (χ3n) is 2.55. The zero-order valence-corrected chi connectivity index (χ0v) is 10.7. The molecule has 0 unspecified atom stereocenters. The van der Waals surface area contributed by atoms with Crippen molar-refractivity contribution in [2.75, 3.05) is 20.7 Å². The quantitative estimate of drug-likeness (QED) is 0.454. The molecule has 19 heavy (non-hydrogen) atoms. The molecule has 1 amide bonds. The highest BCUT2D eigenvalue weighted by molar-refractivity contribution is 5.94. The van der Waals surface area contributed by atoms with Crippen molar-refractivity contribution in [3.05, 3.63) is 39.9 Å². The Morgan fingerprint density at radius 2 is 1.89 bits per heavy atom. The van der Waals surface area contributed by atoms with Crippen molar-refractivity contribution < 1.29 is 19.2 Å². The minimum atomic E-state index is -0.533. The SMILES string of the molecule is COC(=O)CCN(C)C(=O)c1ccc([N+](=O)[O-])cc1. The number of benzene rings is 1. The number of methoxy groups -OCH3 is 1. The highest BCUT2D eigenvalue weighted by atomic mass is 16.6. The van der Waals surface area contributed by atoms with Gasteiger partial charge in [0.25, 0.3) is 11.6 Å². The molecule has 0 atom stereocenters. The smallest absolute Gasteiger partial charge is 0.307 e. The minimum Gasteiger partial charge on any atom is -0.469 e. The number of rotatable bonds is 5. The maximum atomic E-state index is 11.9. The van der Waals surface area contributed by atoms with Gasteiger partial charge in [-0.3, -0.25) is 19.7 Å². The van der Waals surface area contributed by atoms with Gasteiger partial charge in [0.15, 0.2) is 0 Å². The average Bonchev–Trinajstić information content (AvgIpc) is 2.43. The fourth-order valence-electron chi connectivity index (χ4n) is 1.41. The molecule has 0 saturated heterocycles. The molecule has 0 bridgehead atoms. The van der Waals surface area contributed by atoms with E-state index in [0.29, 0.717) is 5.56 Å². The molecule has 0 N–H and O–H groups in total. The standard InChI is InChI=1S/C12H14N2O5/c1-13(8-7-11(15)19-2)12(16)9-3-5-10(6-4-9)14(17)18/h3-6H,7-8H2,1-2H3. The van der Waals surface area contributed by atoms with E-state index in [4.69, 9.17) is 0 Å². The van der Waals surface area contributed by atoms with E-state index in [-0.39, 0.29) is 24.6 Å². The first-order valence-electron chi connectivity index (χ1n) is 5.52. The van der Waals surface area contributed by atoms with Gasteiger partial charge >= 0.3 is 5.97 Å². The van der Waals surface area contributed by atoms with Gasteiger partial charge in [-0.2, -0.15) is 0 Å². The summed E-state index contributed by atoms with van der Waals surface area (Å²) in [5.74, 6) is -0.706. The molecule has 7 nitrogen and oxygen atoms in total. The number of hydrogen-bond acceptors (Lipinski definition) is 5. The number of amides is 1. The van der Waals surface area contributed by atoms with Crippen LogP contribution < -0.4 is 0 Å². The van der Waals surface area contributed by atoms with Crippen LogP contribution >= 0.6 is 0 Å². The molecule has 0 heterocycles. The van der Waals surface area contributed by atoms with Gasteiger partial charge in [-0.1, -0.05) is 0 Å². The highest BCUT2D eigenvalue weighted by Crippen LogP contribution is 2.13. The lowest BCUT2D eigenvalue weighted by atomic mass is 10.2. The maximum absolute atomic E-state index is 11.9. The van der Waals surface area contributed by atoms with Gasteiger partial charge < -0.3 is 9.64 Å². The number of non-ortho nitro benzene ring substituents is 1. The summed E-state index contributed by atoms with van der Waals surface area (Å²) in [6.45, 7) is 0.225. The molecule has 0 radical (unpaired) electrons. The topological polar surface area (TPSA) is 89.8 Å². The molecular weight excluding hydrogens is 252 g/mol. The lowest BCUT2D eigenvalue weighted by Crippen LogP contribution is -2.29. The Morgan fingerprint density at radius 1 is 1.32 bits per heavy atom. The molecule has 0 spiro atoms. The van der Waals surface area contributed by atoms with Gasteiger partial charge in [0.1, 0.15) is 0 Å². The van der Waals surface area contributed by atoms with E-state index in [0.717, 1.165) is 0 Å². The van der Waals surface area contributed by atoms with Gasteiger partial charge in [0.2, 0.25) is 0 Å². The van der Waals surface area contributed by atoms with E-state index in [1.807, 2.05) is 0 Å². The predicted molar refractivity (Wildman–Crippen MR) is 66.7 cm³/mol. The largest absolute Gasteiger partial charge is 0.469 e. The number of nitrogens with zero attached hydrogens (tertiary/aromatic N) is 2. The molecule has 7 heteroatoms. The molecule has 0 aliphatic carbocycles. The first-order valence-corrected chi connectivity index (χ1v) is 5.52. The third kappa shape index (κ3) is 4.06. The van der Waals surface area contributed by atoms with Gasteiger partial charge in [0.05, 0.1) is 18.5 Å². The Hall–Kier alpha value is -2.44. The van der Waals surface area contributed by atoms with Crippen LogP contribution in [0.1, 0.15) is 16.8 Å². The molecule has 0 fully saturated rings. The Labute approximate surface area is 109 Å². The number of nitro benzene ring substituents is 1. The van der Waals surface area contributed by atoms with Crippen molar-refractivity contribution in [2.24, 2.45) is 0 Å². The van der Waals surface area contributed by atoms with Crippen LogP contribution in [-0.4, -0.2) is 42.4 Å². The summed E-state index contributed by atoms with van der Waals surface area (Å²) in [6.07, 6.45) is 0.103. The van der Waals surface area contributed by atoms with Crippen LogP contribution in [0, 0.1) is 10.1 Å². The van der Waals surface area contributed by atoms with Crippen molar-refractivity contribution in [1.82, 2.24) is 4.90 Å². The van der Waals surface area contributed by atoms with Gasteiger partial charge in [-0.25, -0.2) is 0 Å². The molecule has 0 aliphatic rings. The summed E-state index contributed by atoms with van der Waals surface area (Å²) in [7, 11) is 2.83.